The number of rotatable bonds is 13. The number of aromatic hydroxyl groups is 1. The number of fused-ring (bicyclic) bond motifs is 1. The van der Waals surface area contributed by atoms with Crippen LogP contribution in [0.4, 0.5) is 0 Å². The lowest BCUT2D eigenvalue weighted by atomic mass is 9.89. The summed E-state index contributed by atoms with van der Waals surface area (Å²) in [5.41, 5.74) is 2.83. The normalized spacial score (nSPS) is 17.5. The molecule has 1 aliphatic carbocycles. The topological polar surface area (TPSA) is 109 Å². The van der Waals surface area contributed by atoms with Gasteiger partial charge in [0, 0.05) is 58.8 Å². The Balaban J connectivity index is 1.28. The van der Waals surface area contributed by atoms with Crippen LogP contribution in [0.15, 0.2) is 54.7 Å². The molecule has 0 atom stereocenters. The number of aromatic nitrogens is 2. The molecule has 0 aliphatic heterocycles. The highest BCUT2D eigenvalue weighted by Crippen LogP contribution is 2.35. The smallest absolute Gasteiger partial charge is 0.243 e. The van der Waals surface area contributed by atoms with E-state index in [1.54, 1.807) is 38.6 Å². The number of carbonyl (C=O) groups excluding carboxylic acids is 1. The number of nitrogens with zero attached hydrogens (tertiary/aromatic N) is 2. The molecule has 1 fully saturated rings. The van der Waals surface area contributed by atoms with Gasteiger partial charge in [-0.3, -0.25) is 14.8 Å². The van der Waals surface area contributed by atoms with Crippen LogP contribution in [0.1, 0.15) is 12.8 Å². The molecule has 0 spiro atoms. The predicted molar refractivity (Wildman–Crippen MR) is 138 cm³/mol. The second kappa shape index (κ2) is 12.5. The summed E-state index contributed by atoms with van der Waals surface area (Å²) >= 11 is 0. The van der Waals surface area contributed by atoms with Crippen molar-refractivity contribution in [2.75, 3.05) is 47.1 Å². The summed E-state index contributed by atoms with van der Waals surface area (Å²) < 4.78 is 16.6. The molecule has 9 nitrogen and oxygen atoms in total. The quantitative estimate of drug-likeness (QED) is 0.313. The van der Waals surface area contributed by atoms with Crippen molar-refractivity contribution in [1.82, 2.24) is 20.4 Å². The average molecular weight is 495 g/mol. The van der Waals surface area contributed by atoms with Crippen molar-refractivity contribution in [3.63, 3.8) is 0 Å². The summed E-state index contributed by atoms with van der Waals surface area (Å²) in [6, 6.07) is 11.2. The molecule has 1 aliphatic rings. The molecule has 4 rings (SSSR count). The molecule has 2 aromatic carbocycles. The number of ether oxygens (including phenoxy) is 3. The van der Waals surface area contributed by atoms with E-state index in [2.05, 4.69) is 20.4 Å². The Morgan fingerprint density at radius 3 is 2.56 bits per heavy atom. The minimum atomic E-state index is -0.0940. The first-order valence-electron chi connectivity index (χ1n) is 12.2. The highest BCUT2D eigenvalue weighted by molar-refractivity contribution is 5.90. The van der Waals surface area contributed by atoms with Crippen molar-refractivity contribution >= 4 is 16.8 Å². The summed E-state index contributed by atoms with van der Waals surface area (Å²) in [4.78, 5) is 14.5. The minimum absolute atomic E-state index is 0.0195. The van der Waals surface area contributed by atoms with Gasteiger partial charge in [0.05, 0.1) is 30.3 Å². The number of methoxy groups -OCH3 is 2. The van der Waals surface area contributed by atoms with Gasteiger partial charge in [0.15, 0.2) is 0 Å². The highest BCUT2D eigenvalue weighted by atomic mass is 16.5. The van der Waals surface area contributed by atoms with Crippen molar-refractivity contribution < 1.29 is 24.1 Å². The van der Waals surface area contributed by atoms with Crippen LogP contribution in [0, 0.1) is 0 Å². The van der Waals surface area contributed by atoms with Crippen LogP contribution in [0.25, 0.3) is 22.0 Å². The van der Waals surface area contributed by atoms with Gasteiger partial charge in [-0.15, -0.1) is 0 Å². The van der Waals surface area contributed by atoms with Gasteiger partial charge in [-0.05, 0) is 35.4 Å². The monoisotopic (exact) mass is 494 g/mol. The third kappa shape index (κ3) is 6.84. The fourth-order valence-electron chi connectivity index (χ4n) is 4.19. The highest BCUT2D eigenvalue weighted by Gasteiger charge is 2.32. The molecule has 1 aromatic heterocycles. The number of hydrogen-bond acceptors (Lipinski definition) is 7. The molecule has 1 heterocycles. The van der Waals surface area contributed by atoms with Gasteiger partial charge >= 0.3 is 0 Å². The van der Waals surface area contributed by atoms with Gasteiger partial charge in [-0.25, -0.2) is 0 Å². The molecule has 0 bridgehead atoms. The first kappa shape index (κ1) is 25.7. The van der Waals surface area contributed by atoms with E-state index in [4.69, 9.17) is 14.2 Å². The van der Waals surface area contributed by atoms with Crippen LogP contribution in [-0.2, 0) is 14.3 Å². The molecule has 0 saturated heterocycles. The van der Waals surface area contributed by atoms with Crippen LogP contribution in [0.3, 0.4) is 0 Å². The number of phenolic OH excluding ortho intramolecular Hbond substituents is 1. The maximum atomic E-state index is 12.3. The number of H-pyrrole nitrogens is 1. The Kier molecular flexibility index (Phi) is 8.94. The molecular formula is C27H34N4O5. The minimum Gasteiger partial charge on any atom is -0.508 e. The molecule has 192 valence electrons. The summed E-state index contributed by atoms with van der Waals surface area (Å²) in [7, 11) is 3.36. The Labute approximate surface area is 211 Å². The second-order valence-electron chi connectivity index (χ2n) is 8.96. The maximum absolute atomic E-state index is 12.3. The Morgan fingerprint density at radius 1 is 1.14 bits per heavy atom. The van der Waals surface area contributed by atoms with Gasteiger partial charge in [0.1, 0.15) is 17.6 Å². The zero-order chi connectivity index (χ0) is 25.3. The van der Waals surface area contributed by atoms with E-state index in [1.807, 2.05) is 30.3 Å². The van der Waals surface area contributed by atoms with Crippen molar-refractivity contribution in [1.29, 1.82) is 0 Å². The number of benzene rings is 2. The predicted octanol–water partition coefficient (Wildman–Crippen LogP) is 3.11. The van der Waals surface area contributed by atoms with Crippen molar-refractivity contribution in [3.05, 3.63) is 54.7 Å². The number of carbonyl (C=O) groups is 1. The lowest BCUT2D eigenvalue weighted by Crippen LogP contribution is -2.48. The van der Waals surface area contributed by atoms with E-state index >= 15 is 0 Å². The lowest BCUT2D eigenvalue weighted by Gasteiger charge is -2.35. The van der Waals surface area contributed by atoms with Crippen molar-refractivity contribution in [2.45, 2.75) is 25.0 Å². The average Bonchev–Trinajstić information content (AvgIpc) is 3.33. The van der Waals surface area contributed by atoms with E-state index in [9.17, 15) is 9.90 Å². The van der Waals surface area contributed by atoms with E-state index in [0.717, 1.165) is 53.7 Å². The van der Waals surface area contributed by atoms with Gasteiger partial charge in [0.2, 0.25) is 5.91 Å². The second-order valence-corrected chi connectivity index (χ2v) is 8.96. The molecule has 3 aromatic rings. The molecule has 3 N–H and O–H groups in total. The van der Waals surface area contributed by atoms with Gasteiger partial charge in [0.25, 0.3) is 0 Å². The number of nitrogens with one attached hydrogen (secondary N) is 2. The number of aromatic amines is 1. The molecule has 9 heteroatoms. The number of hydrogen-bond donors (Lipinski definition) is 3. The number of phenols is 1. The fourth-order valence-corrected chi connectivity index (χ4v) is 4.19. The third-order valence-electron chi connectivity index (χ3n) is 6.31. The van der Waals surface area contributed by atoms with Crippen LogP contribution in [-0.4, -0.2) is 85.3 Å². The van der Waals surface area contributed by atoms with Crippen LogP contribution < -0.4 is 10.1 Å². The lowest BCUT2D eigenvalue weighted by molar-refractivity contribution is -0.118. The first-order valence-corrected chi connectivity index (χ1v) is 12.2. The number of amides is 1. The van der Waals surface area contributed by atoms with E-state index in [1.165, 1.54) is 0 Å². The van der Waals surface area contributed by atoms with E-state index in [-0.39, 0.29) is 23.8 Å². The summed E-state index contributed by atoms with van der Waals surface area (Å²) in [6.45, 7) is 3.50. The maximum Gasteiger partial charge on any atom is 0.243 e. The van der Waals surface area contributed by atoms with E-state index in [0.29, 0.717) is 19.8 Å². The van der Waals surface area contributed by atoms with Crippen LogP contribution in [0.5, 0.6) is 11.5 Å². The van der Waals surface area contributed by atoms with Gasteiger partial charge in [-0.1, -0.05) is 18.2 Å². The van der Waals surface area contributed by atoms with Crippen molar-refractivity contribution in [2.24, 2.45) is 0 Å². The van der Waals surface area contributed by atoms with Gasteiger partial charge < -0.3 is 24.6 Å². The summed E-state index contributed by atoms with van der Waals surface area (Å²) in [5.74, 6) is 0.888. The van der Waals surface area contributed by atoms with Crippen LogP contribution in [0.2, 0.25) is 0 Å². The third-order valence-corrected chi connectivity index (χ3v) is 6.31. The largest absolute Gasteiger partial charge is 0.508 e. The van der Waals surface area contributed by atoms with Gasteiger partial charge in [-0.2, -0.15) is 5.10 Å². The van der Waals surface area contributed by atoms with E-state index < -0.39 is 0 Å². The molecular weight excluding hydrogens is 460 g/mol. The SMILES string of the molecule is COCCN(C/C=C/C(=O)N[C@H]1C[C@H](Oc2cc(-c3ccc(O)cc3)cc3[nH]ncc23)C1)CCOC. The molecule has 0 radical (unpaired) electrons. The van der Waals surface area contributed by atoms with Crippen LogP contribution >= 0.6 is 0 Å². The molecule has 36 heavy (non-hydrogen) atoms. The first-order chi connectivity index (χ1) is 17.6. The Hall–Kier alpha value is -3.40. The Bertz CT molecular complexity index is 1150. The van der Waals surface area contributed by atoms with Crippen molar-refractivity contribution in [3.8, 4) is 22.6 Å². The zero-order valence-electron chi connectivity index (χ0n) is 20.8. The standard InChI is InChI=1S/C27H34N4O5/c1-34-12-10-31(11-13-35-2)9-3-4-27(33)29-21-16-23(17-21)36-26-15-20(14-25-24(26)18-28-30-25)19-5-7-22(32)8-6-19/h3-8,14-15,18,21,23,32H,9-13,16-17H2,1-2H3,(H,28,30)(H,29,33)/b4-3+/t21-,23-. The summed E-state index contributed by atoms with van der Waals surface area (Å²) in [6.07, 6.45) is 6.74. The zero-order valence-corrected chi connectivity index (χ0v) is 20.8. The summed E-state index contributed by atoms with van der Waals surface area (Å²) in [5, 5.41) is 20.7. The Morgan fingerprint density at radius 2 is 1.86 bits per heavy atom. The fraction of sp³-hybridized carbons (Fsp3) is 0.407. The molecule has 0 unspecified atom stereocenters. The molecule has 1 amide bonds. The molecule has 1 saturated carbocycles.